The van der Waals surface area contributed by atoms with Gasteiger partial charge in [-0.2, -0.15) is 0 Å². The van der Waals surface area contributed by atoms with E-state index in [0.29, 0.717) is 13.2 Å². The van der Waals surface area contributed by atoms with Crippen LogP contribution in [0.5, 0.6) is 0 Å². The van der Waals surface area contributed by atoms with Crippen molar-refractivity contribution in [2.75, 3.05) is 39.1 Å². The second kappa shape index (κ2) is 7.38. The van der Waals surface area contributed by atoms with Crippen LogP contribution in [-0.2, 0) is 4.74 Å². The van der Waals surface area contributed by atoms with Crippen molar-refractivity contribution in [2.24, 2.45) is 5.41 Å². The maximum absolute atomic E-state index is 12.3. The van der Waals surface area contributed by atoms with Gasteiger partial charge in [0.15, 0.2) is 0 Å². The molecule has 0 aliphatic carbocycles. The molecule has 1 saturated heterocycles. The third-order valence-electron chi connectivity index (χ3n) is 4.23. The summed E-state index contributed by atoms with van der Waals surface area (Å²) in [5.41, 5.74) is 5.46. The van der Waals surface area contributed by atoms with Crippen LogP contribution in [0.2, 0.25) is 0 Å². The zero-order valence-electron chi connectivity index (χ0n) is 13.1. The lowest BCUT2D eigenvalue weighted by Gasteiger charge is -2.37. The Labute approximate surface area is 134 Å². The van der Waals surface area contributed by atoms with Crippen molar-refractivity contribution < 1.29 is 14.5 Å². The Hall–Kier alpha value is -2.19. The van der Waals surface area contributed by atoms with Gasteiger partial charge in [0, 0.05) is 30.7 Å². The number of benzene rings is 1. The van der Waals surface area contributed by atoms with Gasteiger partial charge < -0.3 is 21.1 Å². The number of methoxy groups -OCH3 is 1. The van der Waals surface area contributed by atoms with Gasteiger partial charge in [0.2, 0.25) is 0 Å². The van der Waals surface area contributed by atoms with Crippen LogP contribution < -0.4 is 16.4 Å². The number of hydrogen-bond acceptors (Lipinski definition) is 6. The largest absolute Gasteiger partial charge is 0.393 e. The van der Waals surface area contributed by atoms with Gasteiger partial charge in [-0.25, -0.2) is 0 Å². The van der Waals surface area contributed by atoms with Crippen molar-refractivity contribution in [2.45, 2.75) is 12.8 Å². The van der Waals surface area contributed by atoms with Crippen LogP contribution in [0.4, 0.5) is 11.4 Å². The molecule has 1 aliphatic rings. The number of nitro benzene ring substituents is 1. The van der Waals surface area contributed by atoms with Gasteiger partial charge in [-0.3, -0.25) is 14.9 Å². The molecule has 126 valence electrons. The van der Waals surface area contributed by atoms with Crippen LogP contribution in [0.25, 0.3) is 0 Å². The highest BCUT2D eigenvalue weighted by atomic mass is 16.6. The predicted octanol–water partition coefficient (Wildman–Crippen LogP) is 0.923. The van der Waals surface area contributed by atoms with Crippen molar-refractivity contribution in [1.29, 1.82) is 0 Å². The number of nitrogen functional groups attached to an aromatic ring is 1. The number of hydrogen-bond donors (Lipinski definition) is 3. The Morgan fingerprint density at radius 2 is 2.17 bits per heavy atom. The second-order valence-electron chi connectivity index (χ2n) is 5.90. The molecule has 1 aromatic rings. The van der Waals surface area contributed by atoms with Gasteiger partial charge >= 0.3 is 0 Å². The van der Waals surface area contributed by atoms with Crippen molar-refractivity contribution in [3.05, 3.63) is 33.9 Å². The lowest BCUT2D eigenvalue weighted by atomic mass is 9.79. The standard InChI is InChI=1S/C15H22N4O4/c1-23-10-15(4-6-17-7-5-15)9-18-14(20)11-2-3-12(16)13(8-11)19(21)22/h2-3,8,17H,4-7,9-10,16H2,1H3,(H,18,20). The van der Waals surface area contributed by atoms with E-state index in [2.05, 4.69) is 10.6 Å². The minimum atomic E-state index is -0.592. The van der Waals surface area contributed by atoms with Crippen molar-refractivity contribution >= 4 is 17.3 Å². The molecule has 1 aliphatic heterocycles. The summed E-state index contributed by atoms with van der Waals surface area (Å²) in [5.74, 6) is -0.345. The summed E-state index contributed by atoms with van der Waals surface area (Å²) in [7, 11) is 1.65. The fourth-order valence-corrected chi connectivity index (χ4v) is 2.85. The van der Waals surface area contributed by atoms with Gasteiger partial charge in [-0.05, 0) is 38.1 Å². The molecule has 0 spiro atoms. The van der Waals surface area contributed by atoms with Crippen LogP contribution in [0, 0.1) is 15.5 Å². The fourth-order valence-electron chi connectivity index (χ4n) is 2.85. The molecule has 0 bridgehead atoms. The quantitative estimate of drug-likeness (QED) is 0.407. The second-order valence-corrected chi connectivity index (χ2v) is 5.90. The molecule has 0 radical (unpaired) electrons. The number of rotatable bonds is 6. The highest BCUT2D eigenvalue weighted by Crippen LogP contribution is 2.28. The van der Waals surface area contributed by atoms with E-state index in [-0.39, 0.29) is 28.3 Å². The lowest BCUT2D eigenvalue weighted by Crippen LogP contribution is -2.47. The third kappa shape index (κ3) is 4.17. The molecule has 0 saturated carbocycles. The van der Waals surface area contributed by atoms with E-state index in [1.165, 1.54) is 18.2 Å². The first kappa shape index (κ1) is 17.2. The van der Waals surface area contributed by atoms with Crippen LogP contribution in [0.15, 0.2) is 18.2 Å². The number of carbonyl (C=O) groups is 1. The Morgan fingerprint density at radius 3 is 2.78 bits per heavy atom. The number of nitrogens with two attached hydrogens (primary N) is 1. The first-order chi connectivity index (χ1) is 11.0. The van der Waals surface area contributed by atoms with Gasteiger partial charge in [0.05, 0.1) is 11.5 Å². The Morgan fingerprint density at radius 1 is 1.48 bits per heavy atom. The van der Waals surface area contributed by atoms with Crippen molar-refractivity contribution in [3.8, 4) is 0 Å². The molecule has 8 nitrogen and oxygen atoms in total. The lowest BCUT2D eigenvalue weighted by molar-refractivity contribution is -0.383. The molecule has 0 atom stereocenters. The minimum absolute atomic E-state index is 0.0424. The van der Waals surface area contributed by atoms with Gasteiger partial charge in [0.1, 0.15) is 5.69 Å². The van der Waals surface area contributed by atoms with Gasteiger partial charge in [-0.1, -0.05) is 0 Å². The van der Waals surface area contributed by atoms with Crippen LogP contribution in [0.1, 0.15) is 23.2 Å². The van der Waals surface area contributed by atoms with Gasteiger partial charge in [0.25, 0.3) is 11.6 Å². The highest BCUT2D eigenvalue weighted by Gasteiger charge is 2.32. The maximum atomic E-state index is 12.3. The normalized spacial score (nSPS) is 16.7. The number of amides is 1. The minimum Gasteiger partial charge on any atom is -0.393 e. The fraction of sp³-hybridized carbons (Fsp3) is 0.533. The molecule has 1 heterocycles. The average molecular weight is 322 g/mol. The zero-order valence-corrected chi connectivity index (χ0v) is 13.1. The summed E-state index contributed by atoms with van der Waals surface area (Å²) in [6.45, 7) is 2.80. The van der Waals surface area contributed by atoms with E-state index >= 15 is 0 Å². The first-order valence-corrected chi connectivity index (χ1v) is 7.49. The SMILES string of the molecule is COCC1(CNC(=O)c2ccc(N)c([N+](=O)[O-])c2)CCNCC1. The molecule has 2 rings (SSSR count). The summed E-state index contributed by atoms with van der Waals surface area (Å²) < 4.78 is 5.30. The zero-order chi connectivity index (χ0) is 16.9. The molecule has 23 heavy (non-hydrogen) atoms. The summed E-state index contributed by atoms with van der Waals surface area (Å²) in [4.78, 5) is 22.6. The van der Waals surface area contributed by atoms with Crippen LogP contribution in [0.3, 0.4) is 0 Å². The number of nitrogens with zero attached hydrogens (tertiary/aromatic N) is 1. The van der Waals surface area contributed by atoms with Gasteiger partial charge in [-0.15, -0.1) is 0 Å². The first-order valence-electron chi connectivity index (χ1n) is 7.49. The monoisotopic (exact) mass is 322 g/mol. The third-order valence-corrected chi connectivity index (χ3v) is 4.23. The topological polar surface area (TPSA) is 120 Å². The Kier molecular flexibility index (Phi) is 5.51. The molecule has 8 heteroatoms. The van der Waals surface area contributed by atoms with E-state index in [9.17, 15) is 14.9 Å². The van der Waals surface area contributed by atoms with Crippen molar-refractivity contribution in [1.82, 2.24) is 10.6 Å². The summed E-state index contributed by atoms with van der Waals surface area (Å²) in [5, 5.41) is 17.1. The average Bonchev–Trinajstić information content (AvgIpc) is 2.54. The molecule has 1 fully saturated rings. The predicted molar refractivity (Wildman–Crippen MR) is 86.3 cm³/mol. The molecule has 1 aromatic carbocycles. The Bertz CT molecular complexity index is 579. The maximum Gasteiger partial charge on any atom is 0.292 e. The highest BCUT2D eigenvalue weighted by molar-refractivity contribution is 5.95. The number of carbonyl (C=O) groups excluding carboxylic acids is 1. The molecule has 4 N–H and O–H groups in total. The summed E-state index contributed by atoms with van der Waals surface area (Å²) in [6.07, 6.45) is 1.81. The number of ether oxygens (including phenoxy) is 1. The number of piperidine rings is 1. The molecular formula is C15H22N4O4. The Balaban J connectivity index is 2.06. The van der Waals surface area contributed by atoms with E-state index in [1.54, 1.807) is 7.11 Å². The smallest absolute Gasteiger partial charge is 0.292 e. The van der Waals surface area contributed by atoms with Crippen LogP contribution >= 0.6 is 0 Å². The van der Waals surface area contributed by atoms with Crippen LogP contribution in [-0.4, -0.2) is 44.2 Å². The summed E-state index contributed by atoms with van der Waals surface area (Å²) in [6, 6.07) is 4.07. The number of nitro groups is 1. The molecule has 0 unspecified atom stereocenters. The molecule has 1 amide bonds. The van der Waals surface area contributed by atoms with E-state index < -0.39 is 4.92 Å². The molecule has 0 aromatic heterocycles. The van der Waals surface area contributed by atoms with E-state index in [1.807, 2.05) is 0 Å². The van der Waals surface area contributed by atoms with Crippen molar-refractivity contribution in [3.63, 3.8) is 0 Å². The summed E-state index contributed by atoms with van der Waals surface area (Å²) >= 11 is 0. The van der Waals surface area contributed by atoms with E-state index in [0.717, 1.165) is 25.9 Å². The number of nitrogens with one attached hydrogen (secondary N) is 2. The molecular weight excluding hydrogens is 300 g/mol. The van der Waals surface area contributed by atoms with E-state index in [4.69, 9.17) is 10.5 Å². The number of anilines is 1.